The molecule has 3 nitrogen and oxygen atoms in total. The van der Waals surface area contributed by atoms with Crippen LogP contribution in [0.2, 0.25) is 0 Å². The van der Waals surface area contributed by atoms with Crippen LogP contribution in [-0.2, 0) is 4.74 Å². The molecule has 1 rings (SSSR count). The summed E-state index contributed by atoms with van der Waals surface area (Å²) in [4.78, 5) is 2.44. The van der Waals surface area contributed by atoms with Crippen molar-refractivity contribution in [2.75, 3.05) is 33.4 Å². The van der Waals surface area contributed by atoms with Crippen LogP contribution in [0.5, 0.6) is 0 Å². The molecule has 1 saturated heterocycles. The van der Waals surface area contributed by atoms with Crippen LogP contribution < -0.4 is 5.73 Å². The second-order valence-electron chi connectivity index (χ2n) is 4.20. The lowest BCUT2D eigenvalue weighted by Crippen LogP contribution is -2.35. The fourth-order valence-electron chi connectivity index (χ4n) is 1.94. The summed E-state index contributed by atoms with van der Waals surface area (Å²) in [5, 5.41) is 0. The normalized spacial score (nSPS) is 24.9. The molecule has 0 radical (unpaired) electrons. The Morgan fingerprint density at radius 1 is 1.36 bits per heavy atom. The summed E-state index contributed by atoms with van der Waals surface area (Å²) in [6.07, 6.45) is 6.35. The van der Waals surface area contributed by atoms with E-state index in [0.29, 0.717) is 6.04 Å². The first kappa shape index (κ1) is 12.0. The molecule has 2 N–H and O–H groups in total. The van der Waals surface area contributed by atoms with Crippen molar-refractivity contribution in [3.63, 3.8) is 0 Å². The van der Waals surface area contributed by atoms with Gasteiger partial charge < -0.3 is 15.4 Å². The molecule has 1 unspecified atom stereocenters. The minimum atomic E-state index is 0.635. The molecule has 0 aromatic carbocycles. The van der Waals surface area contributed by atoms with E-state index < -0.39 is 0 Å². The second-order valence-corrected chi connectivity index (χ2v) is 4.20. The monoisotopic (exact) mass is 200 g/mol. The van der Waals surface area contributed by atoms with E-state index in [1.54, 1.807) is 0 Å². The molecule has 14 heavy (non-hydrogen) atoms. The Morgan fingerprint density at radius 2 is 2.21 bits per heavy atom. The maximum Gasteiger partial charge on any atom is 0.0621 e. The van der Waals surface area contributed by atoms with Gasteiger partial charge in [-0.3, -0.25) is 0 Å². The standard InChI is InChI=1S/C11H24N2O/c1-13-8-4-2-3-6-11(13)10-14-9-5-7-12/h11H,2-10,12H2,1H3. The third-order valence-electron chi connectivity index (χ3n) is 2.97. The topological polar surface area (TPSA) is 38.5 Å². The highest BCUT2D eigenvalue weighted by atomic mass is 16.5. The third kappa shape index (κ3) is 4.40. The van der Waals surface area contributed by atoms with Crippen molar-refractivity contribution < 1.29 is 4.74 Å². The number of nitrogens with two attached hydrogens (primary N) is 1. The van der Waals surface area contributed by atoms with Crippen LogP contribution in [0.4, 0.5) is 0 Å². The number of nitrogens with zero attached hydrogens (tertiary/aromatic N) is 1. The van der Waals surface area contributed by atoms with Gasteiger partial charge in [-0.05, 0) is 39.4 Å². The highest BCUT2D eigenvalue weighted by Gasteiger charge is 2.16. The summed E-state index contributed by atoms with van der Waals surface area (Å²) in [7, 11) is 2.21. The van der Waals surface area contributed by atoms with Crippen LogP contribution in [0.25, 0.3) is 0 Å². The van der Waals surface area contributed by atoms with Crippen LogP contribution >= 0.6 is 0 Å². The quantitative estimate of drug-likeness (QED) is 0.678. The predicted octanol–water partition coefficient (Wildman–Crippen LogP) is 1.23. The molecule has 0 aliphatic carbocycles. The second kappa shape index (κ2) is 7.21. The Bertz CT molecular complexity index is 141. The van der Waals surface area contributed by atoms with Gasteiger partial charge in [0.2, 0.25) is 0 Å². The van der Waals surface area contributed by atoms with Gasteiger partial charge in [0.05, 0.1) is 6.61 Å². The van der Waals surface area contributed by atoms with Crippen LogP contribution in [-0.4, -0.2) is 44.3 Å². The van der Waals surface area contributed by atoms with Crippen molar-refractivity contribution in [2.24, 2.45) is 5.73 Å². The minimum Gasteiger partial charge on any atom is -0.380 e. The van der Waals surface area contributed by atoms with E-state index in [0.717, 1.165) is 26.2 Å². The van der Waals surface area contributed by atoms with Gasteiger partial charge in [-0.15, -0.1) is 0 Å². The Kier molecular flexibility index (Phi) is 6.15. The predicted molar refractivity (Wildman–Crippen MR) is 59.4 cm³/mol. The maximum absolute atomic E-state index is 5.62. The largest absolute Gasteiger partial charge is 0.380 e. The van der Waals surface area contributed by atoms with Gasteiger partial charge in [-0.2, -0.15) is 0 Å². The molecule has 1 aliphatic heterocycles. The molecule has 1 heterocycles. The maximum atomic E-state index is 5.62. The van der Waals surface area contributed by atoms with E-state index in [1.165, 1.54) is 32.2 Å². The van der Waals surface area contributed by atoms with Gasteiger partial charge in [0, 0.05) is 12.6 Å². The van der Waals surface area contributed by atoms with E-state index in [1.807, 2.05) is 0 Å². The van der Waals surface area contributed by atoms with Gasteiger partial charge in [0.25, 0.3) is 0 Å². The number of hydrogen-bond acceptors (Lipinski definition) is 3. The Hall–Kier alpha value is -0.120. The van der Waals surface area contributed by atoms with E-state index in [-0.39, 0.29) is 0 Å². The van der Waals surface area contributed by atoms with Crippen molar-refractivity contribution >= 4 is 0 Å². The zero-order valence-electron chi connectivity index (χ0n) is 9.37. The zero-order valence-corrected chi connectivity index (χ0v) is 9.37. The summed E-state index contributed by atoms with van der Waals surface area (Å²) >= 11 is 0. The molecule has 3 heteroatoms. The molecular weight excluding hydrogens is 176 g/mol. The molecule has 0 aromatic heterocycles. The number of rotatable bonds is 5. The molecule has 0 saturated carbocycles. The van der Waals surface area contributed by atoms with Crippen molar-refractivity contribution in [3.05, 3.63) is 0 Å². The van der Waals surface area contributed by atoms with Gasteiger partial charge in [-0.25, -0.2) is 0 Å². The summed E-state index contributed by atoms with van der Waals surface area (Å²) in [5.41, 5.74) is 5.41. The fraction of sp³-hybridized carbons (Fsp3) is 1.00. The first-order chi connectivity index (χ1) is 6.84. The lowest BCUT2D eigenvalue weighted by molar-refractivity contribution is 0.0698. The molecule has 1 aliphatic rings. The highest BCUT2D eigenvalue weighted by Crippen LogP contribution is 2.15. The number of likely N-dealkylation sites (N-methyl/N-ethyl adjacent to an activating group) is 1. The van der Waals surface area contributed by atoms with Crippen molar-refractivity contribution in [1.82, 2.24) is 4.90 Å². The van der Waals surface area contributed by atoms with Gasteiger partial charge >= 0.3 is 0 Å². The first-order valence-corrected chi connectivity index (χ1v) is 5.82. The van der Waals surface area contributed by atoms with Crippen LogP contribution in [0.3, 0.4) is 0 Å². The molecular formula is C11H24N2O. The summed E-state index contributed by atoms with van der Waals surface area (Å²) in [5.74, 6) is 0. The highest BCUT2D eigenvalue weighted by molar-refractivity contribution is 4.72. The average Bonchev–Trinajstić information content (AvgIpc) is 2.39. The number of ether oxygens (including phenoxy) is 1. The SMILES string of the molecule is CN1CCCCCC1COCCCN. The molecule has 0 aromatic rings. The minimum absolute atomic E-state index is 0.635. The van der Waals surface area contributed by atoms with E-state index in [9.17, 15) is 0 Å². The molecule has 0 bridgehead atoms. The van der Waals surface area contributed by atoms with E-state index in [2.05, 4.69) is 11.9 Å². The zero-order chi connectivity index (χ0) is 10.2. The smallest absolute Gasteiger partial charge is 0.0621 e. The van der Waals surface area contributed by atoms with Crippen molar-refractivity contribution in [3.8, 4) is 0 Å². The fourth-order valence-corrected chi connectivity index (χ4v) is 1.94. The lowest BCUT2D eigenvalue weighted by atomic mass is 10.1. The summed E-state index contributed by atoms with van der Waals surface area (Å²) in [6, 6.07) is 0.635. The first-order valence-electron chi connectivity index (χ1n) is 5.82. The number of likely N-dealkylation sites (tertiary alicyclic amines) is 1. The summed E-state index contributed by atoms with van der Waals surface area (Å²) < 4.78 is 5.62. The van der Waals surface area contributed by atoms with Gasteiger partial charge in [0.1, 0.15) is 0 Å². The third-order valence-corrected chi connectivity index (χ3v) is 2.97. The Balaban J connectivity index is 2.13. The average molecular weight is 200 g/mol. The molecule has 1 atom stereocenters. The van der Waals surface area contributed by atoms with Crippen LogP contribution in [0.15, 0.2) is 0 Å². The Labute approximate surface area is 87.6 Å². The molecule has 1 fully saturated rings. The molecule has 0 amide bonds. The molecule has 0 spiro atoms. The summed E-state index contributed by atoms with van der Waals surface area (Å²) in [6.45, 7) is 3.67. The van der Waals surface area contributed by atoms with Crippen LogP contribution in [0, 0.1) is 0 Å². The number of hydrogen-bond donors (Lipinski definition) is 1. The van der Waals surface area contributed by atoms with E-state index in [4.69, 9.17) is 10.5 Å². The van der Waals surface area contributed by atoms with Gasteiger partial charge in [0.15, 0.2) is 0 Å². The lowest BCUT2D eigenvalue weighted by Gasteiger charge is -2.25. The van der Waals surface area contributed by atoms with E-state index >= 15 is 0 Å². The van der Waals surface area contributed by atoms with Crippen molar-refractivity contribution in [1.29, 1.82) is 0 Å². The van der Waals surface area contributed by atoms with Crippen molar-refractivity contribution in [2.45, 2.75) is 38.1 Å². The molecule has 84 valence electrons. The van der Waals surface area contributed by atoms with Crippen LogP contribution in [0.1, 0.15) is 32.1 Å². The van der Waals surface area contributed by atoms with Gasteiger partial charge in [-0.1, -0.05) is 12.8 Å². The Morgan fingerprint density at radius 3 is 3.00 bits per heavy atom.